The van der Waals surface area contributed by atoms with Gasteiger partial charge in [-0.15, -0.1) is 0 Å². The second-order valence-electron chi connectivity index (χ2n) is 15.2. The van der Waals surface area contributed by atoms with Crippen LogP contribution in [0.3, 0.4) is 0 Å². The lowest BCUT2D eigenvalue weighted by Crippen LogP contribution is -2.54. The standard InChI is InChI=1S/C40H42ClN9O6/c41-33-18-30(5-1-25(33)19-42)56-29-6-2-27(3-7-29)45-36(52)26-20-43-40(44-21-26)49-12-11-24(23-49)22-47-13-15-48(16-14-47)28-4-8-31-32(17-28)39(55)50(38(31)54)34-9-10-35(51)46-37(34)53/h1,4-5,8,17-18,20-21,24,27,29,34H,2-3,6-7,9-16,22-23H2,(H,45,52)(H,46,51,53)/t24-,27-,29-,34?/m0/s1. The van der Waals surface area contributed by atoms with E-state index < -0.39 is 29.7 Å². The molecule has 3 saturated heterocycles. The van der Waals surface area contributed by atoms with Crippen LogP contribution in [0.5, 0.6) is 5.75 Å². The molecule has 4 fully saturated rings. The zero-order valence-electron chi connectivity index (χ0n) is 30.8. The van der Waals surface area contributed by atoms with E-state index in [2.05, 4.69) is 35.3 Å². The number of rotatable bonds is 9. The second kappa shape index (κ2) is 15.9. The predicted molar refractivity (Wildman–Crippen MR) is 204 cm³/mol. The molecule has 1 aliphatic carbocycles. The molecular weight excluding hydrogens is 738 g/mol. The maximum Gasteiger partial charge on any atom is 0.262 e. The van der Waals surface area contributed by atoms with Gasteiger partial charge in [0.05, 0.1) is 33.4 Å². The molecule has 1 aromatic heterocycles. The molecule has 5 heterocycles. The highest BCUT2D eigenvalue weighted by Gasteiger charge is 2.45. The van der Waals surface area contributed by atoms with Gasteiger partial charge in [0.2, 0.25) is 17.8 Å². The van der Waals surface area contributed by atoms with Gasteiger partial charge in [-0.3, -0.25) is 39.1 Å². The number of halogens is 1. The summed E-state index contributed by atoms with van der Waals surface area (Å²) >= 11 is 6.14. The SMILES string of the molecule is N#Cc1ccc(O[C@H]2CC[C@H](NC(=O)c3cnc(N4CC[C@@H](CN5CCN(c6ccc7c(c6)C(=O)N(C6CCC(=O)NC6=O)C7=O)CC5)C4)nc3)CC2)cc1Cl. The van der Waals surface area contributed by atoms with Crippen molar-refractivity contribution in [1.82, 2.24) is 30.4 Å². The monoisotopic (exact) mass is 779 g/mol. The number of ether oxygens (including phenoxy) is 1. The molecule has 2 atom stereocenters. The summed E-state index contributed by atoms with van der Waals surface area (Å²) in [6.07, 6.45) is 7.59. The van der Waals surface area contributed by atoms with Crippen LogP contribution in [-0.4, -0.2) is 113 Å². The average molecular weight is 780 g/mol. The van der Waals surface area contributed by atoms with Crippen LogP contribution in [-0.2, 0) is 9.59 Å². The number of anilines is 2. The summed E-state index contributed by atoms with van der Waals surface area (Å²) in [7, 11) is 0. The number of hydrogen-bond donors (Lipinski definition) is 2. The van der Waals surface area contributed by atoms with Crippen molar-refractivity contribution in [2.24, 2.45) is 5.92 Å². The van der Waals surface area contributed by atoms with Crippen molar-refractivity contribution in [2.45, 2.75) is 63.1 Å². The highest BCUT2D eigenvalue weighted by Crippen LogP contribution is 2.32. The van der Waals surface area contributed by atoms with Gasteiger partial charge in [0.25, 0.3) is 17.7 Å². The first kappa shape index (κ1) is 37.3. The van der Waals surface area contributed by atoms with Crippen LogP contribution in [0.2, 0.25) is 5.02 Å². The summed E-state index contributed by atoms with van der Waals surface area (Å²) in [6, 6.07) is 11.5. The largest absolute Gasteiger partial charge is 0.490 e. The fourth-order valence-electron chi connectivity index (χ4n) is 8.42. The molecule has 0 bridgehead atoms. The quantitative estimate of drug-likeness (QED) is 0.304. The highest BCUT2D eigenvalue weighted by molar-refractivity contribution is 6.31. The van der Waals surface area contributed by atoms with E-state index in [9.17, 15) is 24.0 Å². The summed E-state index contributed by atoms with van der Waals surface area (Å²) in [5.74, 6) is -0.497. The molecule has 2 aromatic carbocycles. The van der Waals surface area contributed by atoms with Crippen molar-refractivity contribution < 1.29 is 28.7 Å². The highest BCUT2D eigenvalue weighted by atomic mass is 35.5. The lowest BCUT2D eigenvalue weighted by molar-refractivity contribution is -0.136. The van der Waals surface area contributed by atoms with Gasteiger partial charge in [0.1, 0.15) is 17.9 Å². The number of fused-ring (bicyclic) bond motifs is 1. The third-order valence-corrected chi connectivity index (χ3v) is 11.8. The minimum atomic E-state index is -0.982. The van der Waals surface area contributed by atoms with Crippen molar-refractivity contribution in [3.05, 3.63) is 76.1 Å². The van der Waals surface area contributed by atoms with Crippen LogP contribution in [0.4, 0.5) is 11.6 Å². The van der Waals surface area contributed by atoms with E-state index in [1.54, 1.807) is 42.7 Å². The number of piperazine rings is 1. The Kier molecular flexibility index (Phi) is 10.6. The molecule has 5 aliphatic rings. The molecule has 3 aromatic rings. The molecule has 16 heteroatoms. The normalized spacial score (nSPS) is 24.2. The Hall–Kier alpha value is -5.59. The molecule has 2 N–H and O–H groups in total. The number of nitrogens with zero attached hydrogens (tertiary/aromatic N) is 7. The Morgan fingerprint density at radius 3 is 2.36 bits per heavy atom. The number of piperidine rings is 1. The first-order chi connectivity index (χ1) is 27.1. The molecule has 1 saturated carbocycles. The zero-order chi connectivity index (χ0) is 38.9. The van der Waals surface area contributed by atoms with Crippen molar-refractivity contribution in [3.63, 3.8) is 0 Å². The Morgan fingerprint density at radius 2 is 1.64 bits per heavy atom. The fraction of sp³-hybridized carbons (Fsp3) is 0.450. The second-order valence-corrected chi connectivity index (χ2v) is 15.6. The predicted octanol–water partition coefficient (Wildman–Crippen LogP) is 3.17. The summed E-state index contributed by atoms with van der Waals surface area (Å²) < 4.78 is 6.08. The Bertz CT molecular complexity index is 2090. The van der Waals surface area contributed by atoms with E-state index in [0.717, 1.165) is 88.5 Å². The fourth-order valence-corrected chi connectivity index (χ4v) is 8.63. The zero-order valence-corrected chi connectivity index (χ0v) is 31.5. The van der Waals surface area contributed by atoms with Crippen LogP contribution in [0, 0.1) is 17.2 Å². The first-order valence-electron chi connectivity index (χ1n) is 19.2. The van der Waals surface area contributed by atoms with Gasteiger partial charge < -0.3 is 19.9 Å². The Labute approximate surface area is 328 Å². The van der Waals surface area contributed by atoms with E-state index in [-0.39, 0.29) is 36.5 Å². The van der Waals surface area contributed by atoms with E-state index in [0.29, 0.717) is 39.3 Å². The van der Waals surface area contributed by atoms with Gasteiger partial charge in [-0.05, 0) is 74.8 Å². The van der Waals surface area contributed by atoms with Crippen molar-refractivity contribution in [1.29, 1.82) is 5.26 Å². The number of imide groups is 2. The number of hydrogen-bond acceptors (Lipinski definition) is 12. The molecule has 4 aliphatic heterocycles. The number of nitriles is 1. The van der Waals surface area contributed by atoms with Gasteiger partial charge in [0.15, 0.2) is 0 Å². The number of carbonyl (C=O) groups is 5. The smallest absolute Gasteiger partial charge is 0.262 e. The Morgan fingerprint density at radius 1 is 0.893 bits per heavy atom. The molecule has 1 unspecified atom stereocenters. The lowest BCUT2D eigenvalue weighted by Gasteiger charge is -2.37. The lowest BCUT2D eigenvalue weighted by atomic mass is 9.92. The number of amides is 5. The van der Waals surface area contributed by atoms with Crippen molar-refractivity contribution in [3.8, 4) is 11.8 Å². The summed E-state index contributed by atoms with van der Waals surface area (Å²) in [6.45, 7) is 5.85. The average Bonchev–Trinajstić information content (AvgIpc) is 3.77. The van der Waals surface area contributed by atoms with Crippen molar-refractivity contribution in [2.75, 3.05) is 55.6 Å². The van der Waals surface area contributed by atoms with Gasteiger partial charge in [-0.2, -0.15) is 5.26 Å². The van der Waals surface area contributed by atoms with E-state index in [1.807, 2.05) is 12.1 Å². The van der Waals surface area contributed by atoms with Crippen molar-refractivity contribution >= 4 is 52.8 Å². The topological polar surface area (TPSA) is 181 Å². The molecule has 5 amide bonds. The van der Waals surface area contributed by atoms with Crippen LogP contribution in [0.1, 0.15) is 81.6 Å². The molecular formula is C40H42ClN9O6. The van der Waals surface area contributed by atoms with E-state index >= 15 is 0 Å². The molecule has 15 nitrogen and oxygen atoms in total. The number of carbonyl (C=O) groups excluding carboxylic acids is 5. The molecule has 56 heavy (non-hydrogen) atoms. The van der Waals surface area contributed by atoms with Gasteiger partial charge >= 0.3 is 0 Å². The maximum absolute atomic E-state index is 13.3. The Balaban J connectivity index is 0.769. The summed E-state index contributed by atoms with van der Waals surface area (Å²) in [4.78, 5) is 80.4. The van der Waals surface area contributed by atoms with Crippen LogP contribution in [0.25, 0.3) is 0 Å². The summed E-state index contributed by atoms with van der Waals surface area (Å²) in [5, 5.41) is 14.8. The van der Waals surface area contributed by atoms with Crippen LogP contribution >= 0.6 is 11.6 Å². The van der Waals surface area contributed by atoms with Crippen LogP contribution in [0.15, 0.2) is 48.8 Å². The molecule has 0 radical (unpaired) electrons. The number of aromatic nitrogens is 2. The molecule has 8 rings (SSSR count). The van der Waals surface area contributed by atoms with Gasteiger partial charge in [-0.1, -0.05) is 11.6 Å². The third kappa shape index (κ3) is 7.76. The minimum Gasteiger partial charge on any atom is -0.490 e. The molecule has 290 valence electrons. The maximum atomic E-state index is 13.3. The van der Waals surface area contributed by atoms with Gasteiger partial charge in [-0.25, -0.2) is 9.97 Å². The molecule has 0 spiro atoms. The first-order valence-corrected chi connectivity index (χ1v) is 19.6. The third-order valence-electron chi connectivity index (χ3n) is 11.5. The summed E-state index contributed by atoms with van der Waals surface area (Å²) in [5.41, 5.74) is 2.28. The number of nitrogens with one attached hydrogen (secondary N) is 2. The van der Waals surface area contributed by atoms with E-state index in [4.69, 9.17) is 21.6 Å². The van der Waals surface area contributed by atoms with Gasteiger partial charge in [0, 0.05) is 82.4 Å². The van der Waals surface area contributed by atoms with Crippen LogP contribution < -0.4 is 25.2 Å². The number of benzene rings is 2. The van der Waals surface area contributed by atoms with E-state index in [1.165, 1.54) is 0 Å². The minimum absolute atomic E-state index is 0.0178.